The molecule has 8 heteroatoms. The van der Waals surface area contributed by atoms with Crippen molar-refractivity contribution in [1.82, 2.24) is 20.1 Å². The van der Waals surface area contributed by atoms with Crippen molar-refractivity contribution in [2.24, 2.45) is 0 Å². The largest absolute Gasteiger partial charge is 0.444 e. The topological polar surface area (TPSA) is 100 Å². The Labute approximate surface area is 151 Å². The van der Waals surface area contributed by atoms with Gasteiger partial charge in [0.15, 0.2) is 5.69 Å². The van der Waals surface area contributed by atoms with Crippen LogP contribution in [0.15, 0.2) is 18.3 Å². The Kier molecular flexibility index (Phi) is 4.67. The highest BCUT2D eigenvalue weighted by Gasteiger charge is 2.30. The predicted octanol–water partition coefficient (Wildman–Crippen LogP) is 2.66. The Balaban J connectivity index is 1.74. The van der Waals surface area contributed by atoms with Gasteiger partial charge in [-0.1, -0.05) is 6.07 Å². The van der Waals surface area contributed by atoms with Crippen LogP contribution in [0.3, 0.4) is 0 Å². The lowest BCUT2D eigenvalue weighted by Gasteiger charge is -2.30. The number of aryl methyl sites for hydroxylation is 1. The summed E-state index contributed by atoms with van der Waals surface area (Å²) in [5.41, 5.74) is 2.30. The third kappa shape index (κ3) is 4.01. The van der Waals surface area contributed by atoms with Crippen LogP contribution in [0.25, 0.3) is 0 Å². The highest BCUT2D eigenvalue weighted by Crippen LogP contribution is 2.23. The highest BCUT2D eigenvalue weighted by molar-refractivity contribution is 6.03. The first kappa shape index (κ1) is 17.9. The Morgan fingerprint density at radius 2 is 2.08 bits per heavy atom. The van der Waals surface area contributed by atoms with Gasteiger partial charge in [-0.3, -0.25) is 9.89 Å². The lowest BCUT2D eigenvalue weighted by atomic mass is 10.1. The molecule has 0 bridgehead atoms. The molecule has 1 aliphatic rings. The van der Waals surface area contributed by atoms with E-state index in [-0.39, 0.29) is 18.1 Å². The van der Waals surface area contributed by atoms with Crippen molar-refractivity contribution in [2.75, 3.05) is 11.9 Å². The van der Waals surface area contributed by atoms with Gasteiger partial charge in [-0.05, 0) is 39.3 Å². The second-order valence-corrected chi connectivity index (χ2v) is 7.36. The van der Waals surface area contributed by atoms with Crippen molar-refractivity contribution < 1.29 is 14.3 Å². The number of aromatic amines is 1. The van der Waals surface area contributed by atoms with Crippen LogP contribution in [-0.2, 0) is 17.7 Å². The summed E-state index contributed by atoms with van der Waals surface area (Å²) in [7, 11) is 0. The second kappa shape index (κ2) is 6.78. The van der Waals surface area contributed by atoms with E-state index >= 15 is 0 Å². The molecule has 26 heavy (non-hydrogen) atoms. The minimum atomic E-state index is -0.564. The third-order valence-electron chi connectivity index (χ3n) is 3.95. The van der Waals surface area contributed by atoms with E-state index in [0.717, 1.165) is 11.3 Å². The second-order valence-electron chi connectivity index (χ2n) is 7.36. The van der Waals surface area contributed by atoms with Crippen LogP contribution < -0.4 is 5.32 Å². The van der Waals surface area contributed by atoms with Crippen LogP contribution in [0, 0.1) is 6.92 Å². The summed E-state index contributed by atoms with van der Waals surface area (Å²) in [5, 5.41) is 9.77. The predicted molar refractivity (Wildman–Crippen MR) is 95.9 cm³/mol. The number of aromatic nitrogens is 3. The van der Waals surface area contributed by atoms with Crippen LogP contribution in [-0.4, -0.2) is 44.2 Å². The van der Waals surface area contributed by atoms with Gasteiger partial charge in [0.2, 0.25) is 0 Å². The summed E-state index contributed by atoms with van der Waals surface area (Å²) in [5.74, 6) is 0.0991. The van der Waals surface area contributed by atoms with Crippen molar-refractivity contribution >= 4 is 17.8 Å². The van der Waals surface area contributed by atoms with E-state index in [1.54, 1.807) is 17.2 Å². The molecule has 0 spiro atoms. The maximum atomic E-state index is 12.6. The molecule has 0 fully saturated rings. The molecule has 138 valence electrons. The van der Waals surface area contributed by atoms with Crippen molar-refractivity contribution in [3.05, 3.63) is 40.8 Å². The highest BCUT2D eigenvalue weighted by atomic mass is 16.6. The summed E-state index contributed by atoms with van der Waals surface area (Å²) in [4.78, 5) is 30.6. The molecule has 0 saturated carbocycles. The van der Waals surface area contributed by atoms with Gasteiger partial charge in [-0.15, -0.1) is 0 Å². The van der Waals surface area contributed by atoms with Crippen molar-refractivity contribution in [3.8, 4) is 0 Å². The first-order valence-electron chi connectivity index (χ1n) is 8.51. The molecule has 3 rings (SSSR count). The van der Waals surface area contributed by atoms with Crippen LogP contribution in [0.4, 0.5) is 10.6 Å². The number of anilines is 1. The molecular weight excluding hydrogens is 334 g/mol. The first-order valence-corrected chi connectivity index (χ1v) is 8.51. The molecule has 0 aliphatic carbocycles. The standard InChI is InChI=1S/C18H23N5O3/c1-11-5-6-14(19-9-11)20-16(24)15-12-10-23(8-7-13(12)21-22-15)17(25)26-18(2,3)4/h5-6,9H,7-8,10H2,1-4H3,(H,21,22)(H,19,20,24). The van der Waals surface area contributed by atoms with Gasteiger partial charge >= 0.3 is 6.09 Å². The van der Waals surface area contributed by atoms with Gasteiger partial charge < -0.3 is 15.0 Å². The van der Waals surface area contributed by atoms with Crippen molar-refractivity contribution in [3.63, 3.8) is 0 Å². The number of hydrogen-bond acceptors (Lipinski definition) is 5. The fourth-order valence-electron chi connectivity index (χ4n) is 2.68. The maximum absolute atomic E-state index is 12.6. The van der Waals surface area contributed by atoms with Gasteiger partial charge in [0.1, 0.15) is 11.4 Å². The zero-order chi connectivity index (χ0) is 18.9. The molecule has 2 N–H and O–H groups in total. The molecule has 3 heterocycles. The minimum Gasteiger partial charge on any atom is -0.444 e. The molecule has 0 atom stereocenters. The average Bonchev–Trinajstić information content (AvgIpc) is 2.98. The summed E-state index contributed by atoms with van der Waals surface area (Å²) in [6.45, 7) is 8.20. The SMILES string of the molecule is Cc1ccc(NC(=O)c2n[nH]c3c2CN(C(=O)OC(C)(C)C)CC3)nc1. The van der Waals surface area contributed by atoms with Crippen molar-refractivity contribution in [2.45, 2.75) is 46.3 Å². The molecule has 0 radical (unpaired) electrons. The summed E-state index contributed by atoms with van der Waals surface area (Å²) >= 11 is 0. The molecule has 1 aliphatic heterocycles. The molecule has 0 saturated heterocycles. The van der Waals surface area contributed by atoms with E-state index in [0.29, 0.717) is 24.3 Å². The lowest BCUT2D eigenvalue weighted by molar-refractivity contribution is 0.0222. The average molecular weight is 357 g/mol. The van der Waals surface area contributed by atoms with E-state index in [4.69, 9.17) is 4.74 Å². The van der Waals surface area contributed by atoms with E-state index < -0.39 is 11.7 Å². The Morgan fingerprint density at radius 1 is 1.31 bits per heavy atom. The zero-order valence-corrected chi connectivity index (χ0v) is 15.4. The molecule has 0 aromatic carbocycles. The van der Waals surface area contributed by atoms with Crippen LogP contribution in [0.1, 0.15) is 48.1 Å². The fourth-order valence-corrected chi connectivity index (χ4v) is 2.68. The van der Waals surface area contributed by atoms with E-state index in [1.165, 1.54) is 0 Å². The number of pyridine rings is 1. The molecule has 2 amide bonds. The number of ether oxygens (including phenoxy) is 1. The monoisotopic (exact) mass is 357 g/mol. The number of rotatable bonds is 2. The summed E-state index contributed by atoms with van der Waals surface area (Å²) in [6.07, 6.45) is 1.88. The number of amides is 2. The normalized spacial score (nSPS) is 13.9. The van der Waals surface area contributed by atoms with Gasteiger partial charge in [0.05, 0.1) is 6.54 Å². The van der Waals surface area contributed by atoms with E-state index in [2.05, 4.69) is 20.5 Å². The molecule has 8 nitrogen and oxygen atoms in total. The Morgan fingerprint density at radius 3 is 2.73 bits per heavy atom. The number of carbonyl (C=O) groups excluding carboxylic acids is 2. The maximum Gasteiger partial charge on any atom is 0.410 e. The number of H-pyrrole nitrogens is 1. The summed E-state index contributed by atoms with van der Waals surface area (Å²) in [6, 6.07) is 3.60. The van der Waals surface area contributed by atoms with Gasteiger partial charge in [-0.2, -0.15) is 5.10 Å². The van der Waals surface area contributed by atoms with E-state index in [1.807, 2.05) is 33.8 Å². The lowest BCUT2D eigenvalue weighted by Crippen LogP contribution is -2.40. The van der Waals surface area contributed by atoms with Gasteiger partial charge in [0.25, 0.3) is 5.91 Å². The molecule has 2 aromatic heterocycles. The zero-order valence-electron chi connectivity index (χ0n) is 15.4. The number of fused-ring (bicyclic) bond motifs is 1. The van der Waals surface area contributed by atoms with Crippen LogP contribution in [0.2, 0.25) is 0 Å². The van der Waals surface area contributed by atoms with E-state index in [9.17, 15) is 9.59 Å². The van der Waals surface area contributed by atoms with Gasteiger partial charge in [-0.25, -0.2) is 9.78 Å². The number of carbonyl (C=O) groups is 2. The fraction of sp³-hybridized carbons (Fsp3) is 0.444. The summed E-state index contributed by atoms with van der Waals surface area (Å²) < 4.78 is 5.42. The smallest absolute Gasteiger partial charge is 0.410 e. The Bertz CT molecular complexity index is 820. The number of nitrogens with one attached hydrogen (secondary N) is 2. The molecular formula is C18H23N5O3. The van der Waals surface area contributed by atoms with Crippen LogP contribution >= 0.6 is 0 Å². The molecule has 0 unspecified atom stereocenters. The minimum absolute atomic E-state index is 0.274. The number of hydrogen-bond donors (Lipinski definition) is 2. The number of nitrogens with zero attached hydrogens (tertiary/aromatic N) is 3. The van der Waals surface area contributed by atoms with Crippen molar-refractivity contribution in [1.29, 1.82) is 0 Å². The first-order chi connectivity index (χ1) is 12.2. The third-order valence-corrected chi connectivity index (χ3v) is 3.95. The molecule has 2 aromatic rings. The van der Waals surface area contributed by atoms with Crippen LogP contribution in [0.5, 0.6) is 0 Å². The van der Waals surface area contributed by atoms with Gasteiger partial charge in [0, 0.05) is 30.4 Å². The quantitative estimate of drug-likeness (QED) is 0.861. The Hall–Kier alpha value is -2.90.